The zero-order valence-electron chi connectivity index (χ0n) is 14.2. The van der Waals surface area contributed by atoms with Gasteiger partial charge in [0, 0.05) is 18.6 Å². The molecule has 118 valence electrons. The molecule has 0 radical (unpaired) electrons. The van der Waals surface area contributed by atoms with E-state index >= 15 is 0 Å². The van der Waals surface area contributed by atoms with Crippen molar-refractivity contribution < 1.29 is 0 Å². The summed E-state index contributed by atoms with van der Waals surface area (Å²) in [5, 5.41) is 0. The Labute approximate surface area is 126 Å². The van der Waals surface area contributed by atoms with Gasteiger partial charge in [0.25, 0.3) is 0 Å². The molecule has 2 aliphatic rings. The van der Waals surface area contributed by atoms with Crippen LogP contribution in [0, 0.1) is 17.3 Å². The van der Waals surface area contributed by atoms with Crippen LogP contribution in [0.3, 0.4) is 0 Å². The monoisotopic (exact) mass is 280 g/mol. The van der Waals surface area contributed by atoms with E-state index in [0.717, 1.165) is 12.0 Å². The van der Waals surface area contributed by atoms with Gasteiger partial charge in [-0.2, -0.15) is 0 Å². The molecule has 0 saturated heterocycles. The van der Waals surface area contributed by atoms with Crippen LogP contribution >= 0.6 is 0 Å². The average Bonchev–Trinajstić information content (AvgIpc) is 2.90. The van der Waals surface area contributed by atoms with E-state index in [-0.39, 0.29) is 0 Å². The maximum Gasteiger partial charge on any atom is 0.00952 e. The van der Waals surface area contributed by atoms with Crippen molar-refractivity contribution in [2.24, 2.45) is 23.0 Å². The molecule has 2 aliphatic carbocycles. The first-order chi connectivity index (χ1) is 9.41. The maximum absolute atomic E-state index is 6.46. The third kappa shape index (κ3) is 3.98. The Morgan fingerprint density at radius 2 is 1.70 bits per heavy atom. The van der Waals surface area contributed by atoms with Gasteiger partial charge in [0.1, 0.15) is 0 Å². The van der Waals surface area contributed by atoms with Crippen molar-refractivity contribution in [2.45, 2.75) is 84.7 Å². The lowest BCUT2D eigenvalue weighted by molar-refractivity contribution is 0.0863. The Balaban J connectivity index is 1.94. The van der Waals surface area contributed by atoms with Crippen LogP contribution < -0.4 is 5.73 Å². The molecule has 0 spiro atoms. The Hall–Kier alpha value is -0.0800. The second kappa shape index (κ2) is 6.79. The Kier molecular flexibility index (Phi) is 5.53. The molecule has 2 saturated carbocycles. The molecule has 2 rings (SSSR count). The molecule has 0 aromatic heterocycles. The van der Waals surface area contributed by atoms with Gasteiger partial charge in [-0.1, -0.05) is 40.5 Å². The van der Waals surface area contributed by atoms with Crippen molar-refractivity contribution in [1.29, 1.82) is 0 Å². The van der Waals surface area contributed by atoms with Crippen LogP contribution in [0.15, 0.2) is 0 Å². The third-order valence-corrected chi connectivity index (χ3v) is 5.98. The highest BCUT2D eigenvalue weighted by atomic mass is 15.2. The largest absolute Gasteiger partial charge is 0.327 e. The number of hydrogen-bond acceptors (Lipinski definition) is 2. The highest BCUT2D eigenvalue weighted by molar-refractivity contribution is 4.90. The minimum Gasteiger partial charge on any atom is -0.327 e. The SMILES string of the molecule is CCN(CC1CC(C(C)(C)C)CCC1N)C1CCCC1. The van der Waals surface area contributed by atoms with E-state index in [1.165, 1.54) is 58.0 Å². The predicted octanol–water partition coefficient (Wildman–Crippen LogP) is 4.04. The van der Waals surface area contributed by atoms with Gasteiger partial charge in [-0.3, -0.25) is 0 Å². The van der Waals surface area contributed by atoms with Crippen LogP contribution in [0.1, 0.15) is 72.6 Å². The third-order valence-electron chi connectivity index (χ3n) is 5.98. The van der Waals surface area contributed by atoms with Crippen LogP contribution in [0.25, 0.3) is 0 Å². The highest BCUT2D eigenvalue weighted by Crippen LogP contribution is 2.40. The summed E-state index contributed by atoms with van der Waals surface area (Å²) in [6.07, 6.45) is 9.60. The summed E-state index contributed by atoms with van der Waals surface area (Å²) >= 11 is 0. The highest BCUT2D eigenvalue weighted by Gasteiger charge is 2.36. The lowest BCUT2D eigenvalue weighted by atomic mass is 9.67. The van der Waals surface area contributed by atoms with E-state index in [9.17, 15) is 0 Å². The summed E-state index contributed by atoms with van der Waals surface area (Å²) in [5.41, 5.74) is 6.91. The van der Waals surface area contributed by atoms with Crippen LogP contribution in [0.5, 0.6) is 0 Å². The molecule has 3 unspecified atom stereocenters. The Bertz CT molecular complexity index is 288. The molecule has 0 bridgehead atoms. The van der Waals surface area contributed by atoms with Crippen molar-refractivity contribution in [1.82, 2.24) is 4.90 Å². The molecule has 0 aliphatic heterocycles. The van der Waals surface area contributed by atoms with Crippen molar-refractivity contribution in [3.63, 3.8) is 0 Å². The van der Waals surface area contributed by atoms with Crippen molar-refractivity contribution >= 4 is 0 Å². The summed E-state index contributed by atoms with van der Waals surface area (Å²) in [6, 6.07) is 1.28. The number of rotatable bonds is 4. The first-order valence-corrected chi connectivity index (χ1v) is 8.91. The van der Waals surface area contributed by atoms with Gasteiger partial charge in [0.05, 0.1) is 0 Å². The van der Waals surface area contributed by atoms with E-state index in [2.05, 4.69) is 32.6 Å². The first-order valence-electron chi connectivity index (χ1n) is 8.91. The summed E-state index contributed by atoms with van der Waals surface area (Å²) < 4.78 is 0. The van der Waals surface area contributed by atoms with Crippen LogP contribution in [0.2, 0.25) is 0 Å². The Morgan fingerprint density at radius 3 is 2.25 bits per heavy atom. The van der Waals surface area contributed by atoms with Crippen molar-refractivity contribution in [2.75, 3.05) is 13.1 Å². The smallest absolute Gasteiger partial charge is 0.00952 e. The van der Waals surface area contributed by atoms with Gasteiger partial charge in [-0.15, -0.1) is 0 Å². The number of nitrogens with zero attached hydrogens (tertiary/aromatic N) is 1. The van der Waals surface area contributed by atoms with Gasteiger partial charge in [-0.05, 0) is 55.9 Å². The fourth-order valence-electron chi connectivity index (χ4n) is 4.39. The first kappa shape index (κ1) is 16.3. The van der Waals surface area contributed by atoms with E-state index in [1.807, 2.05) is 0 Å². The minimum atomic E-state index is 0.434. The van der Waals surface area contributed by atoms with E-state index < -0.39 is 0 Å². The van der Waals surface area contributed by atoms with Crippen LogP contribution in [-0.4, -0.2) is 30.1 Å². The van der Waals surface area contributed by atoms with E-state index in [0.29, 0.717) is 17.4 Å². The average molecular weight is 280 g/mol. The molecule has 0 aromatic rings. The fourth-order valence-corrected chi connectivity index (χ4v) is 4.39. The molecule has 2 heteroatoms. The van der Waals surface area contributed by atoms with Gasteiger partial charge in [0.2, 0.25) is 0 Å². The zero-order chi connectivity index (χ0) is 14.8. The van der Waals surface area contributed by atoms with Gasteiger partial charge >= 0.3 is 0 Å². The van der Waals surface area contributed by atoms with Crippen LogP contribution in [-0.2, 0) is 0 Å². The molecule has 2 nitrogen and oxygen atoms in total. The quantitative estimate of drug-likeness (QED) is 0.842. The van der Waals surface area contributed by atoms with Crippen LogP contribution in [0.4, 0.5) is 0 Å². The summed E-state index contributed by atoms with van der Waals surface area (Å²) in [5.74, 6) is 1.57. The standard InChI is InChI=1S/C18H36N2/c1-5-20(16-8-6-7-9-16)13-14-12-15(18(2,3)4)10-11-17(14)19/h14-17H,5-13,19H2,1-4H3. The molecular formula is C18H36N2. The molecular weight excluding hydrogens is 244 g/mol. The molecule has 3 atom stereocenters. The predicted molar refractivity (Wildman–Crippen MR) is 87.8 cm³/mol. The summed E-state index contributed by atoms with van der Waals surface area (Å²) in [6.45, 7) is 12.0. The number of nitrogens with two attached hydrogens (primary N) is 1. The maximum atomic E-state index is 6.46. The zero-order valence-corrected chi connectivity index (χ0v) is 14.2. The van der Waals surface area contributed by atoms with Crippen molar-refractivity contribution in [3.8, 4) is 0 Å². The normalized spacial score (nSPS) is 33.0. The molecule has 0 aromatic carbocycles. The van der Waals surface area contributed by atoms with Gasteiger partial charge in [0.15, 0.2) is 0 Å². The lowest BCUT2D eigenvalue weighted by Gasteiger charge is -2.43. The topological polar surface area (TPSA) is 29.3 Å². The lowest BCUT2D eigenvalue weighted by Crippen LogP contribution is -2.47. The molecule has 0 amide bonds. The second-order valence-electron chi connectivity index (χ2n) is 8.33. The fraction of sp³-hybridized carbons (Fsp3) is 1.00. The second-order valence-corrected chi connectivity index (χ2v) is 8.33. The van der Waals surface area contributed by atoms with Gasteiger partial charge < -0.3 is 10.6 Å². The molecule has 20 heavy (non-hydrogen) atoms. The Morgan fingerprint density at radius 1 is 1.05 bits per heavy atom. The number of hydrogen-bond donors (Lipinski definition) is 1. The van der Waals surface area contributed by atoms with E-state index in [4.69, 9.17) is 5.73 Å². The van der Waals surface area contributed by atoms with Crippen molar-refractivity contribution in [3.05, 3.63) is 0 Å². The van der Waals surface area contributed by atoms with Gasteiger partial charge in [-0.25, -0.2) is 0 Å². The molecule has 2 N–H and O–H groups in total. The summed E-state index contributed by atoms with van der Waals surface area (Å²) in [7, 11) is 0. The molecule has 2 fully saturated rings. The summed E-state index contributed by atoms with van der Waals surface area (Å²) in [4.78, 5) is 2.74. The van der Waals surface area contributed by atoms with E-state index in [1.54, 1.807) is 0 Å². The minimum absolute atomic E-state index is 0.434. The molecule has 0 heterocycles.